The molecule has 0 unspecified atom stereocenters. The summed E-state index contributed by atoms with van der Waals surface area (Å²) in [5.74, 6) is 0.254. The molecule has 6 nitrogen and oxygen atoms in total. The van der Waals surface area contributed by atoms with Crippen LogP contribution < -0.4 is 11.5 Å². The van der Waals surface area contributed by atoms with Crippen molar-refractivity contribution in [2.45, 2.75) is 61.4 Å². The molecule has 0 saturated carbocycles. The van der Waals surface area contributed by atoms with E-state index in [2.05, 4.69) is 0 Å². The fraction of sp³-hybridized carbons (Fsp3) is 0.455. The Morgan fingerprint density at radius 2 is 0.800 bits per heavy atom. The van der Waals surface area contributed by atoms with Gasteiger partial charge in [-0.25, -0.2) is 16.8 Å². The molecule has 0 radical (unpaired) electrons. The average Bonchev–Trinajstić information content (AvgIpc) is 2.75. The van der Waals surface area contributed by atoms with Crippen molar-refractivity contribution in [1.82, 2.24) is 0 Å². The fourth-order valence-electron chi connectivity index (χ4n) is 3.19. The second-order valence-electron chi connectivity index (χ2n) is 7.46. The van der Waals surface area contributed by atoms with Crippen LogP contribution in [0, 0.1) is 0 Å². The van der Waals surface area contributed by atoms with Gasteiger partial charge in [-0.1, -0.05) is 49.9 Å². The van der Waals surface area contributed by atoms with Crippen molar-refractivity contribution in [2.75, 3.05) is 11.5 Å². The zero-order valence-corrected chi connectivity index (χ0v) is 18.9. The number of hydrogen-bond donors (Lipinski definition) is 2. The lowest BCUT2D eigenvalue weighted by Crippen LogP contribution is -2.08. The highest BCUT2D eigenvalue weighted by molar-refractivity contribution is 7.91. The Hall–Kier alpha value is -1.74. The van der Waals surface area contributed by atoms with Gasteiger partial charge in [0.2, 0.25) is 0 Å². The minimum atomic E-state index is -3.27. The van der Waals surface area contributed by atoms with E-state index in [0.717, 1.165) is 36.8 Å². The van der Waals surface area contributed by atoms with Crippen LogP contribution in [0.4, 0.5) is 0 Å². The van der Waals surface area contributed by atoms with E-state index in [1.54, 1.807) is 48.5 Å². The molecule has 0 heterocycles. The van der Waals surface area contributed by atoms with Gasteiger partial charge in [-0.3, -0.25) is 0 Å². The topological polar surface area (TPSA) is 120 Å². The predicted octanol–water partition coefficient (Wildman–Crippen LogP) is 3.19. The molecule has 0 aromatic heterocycles. The summed E-state index contributed by atoms with van der Waals surface area (Å²) in [5, 5.41) is 0. The van der Waals surface area contributed by atoms with Crippen LogP contribution in [0.3, 0.4) is 0 Å². The maximum atomic E-state index is 12.3. The van der Waals surface area contributed by atoms with Crippen LogP contribution in [0.5, 0.6) is 0 Å². The van der Waals surface area contributed by atoms with Gasteiger partial charge in [0.05, 0.1) is 21.3 Å². The van der Waals surface area contributed by atoms with E-state index in [9.17, 15) is 16.8 Å². The van der Waals surface area contributed by atoms with Gasteiger partial charge in [0.15, 0.2) is 19.7 Å². The van der Waals surface area contributed by atoms with Gasteiger partial charge >= 0.3 is 0 Å². The summed E-state index contributed by atoms with van der Waals surface area (Å²) < 4.78 is 49.4. The number of rotatable bonds is 13. The molecule has 0 bridgehead atoms. The smallest absolute Gasteiger partial charge is 0.178 e. The monoisotopic (exact) mass is 452 g/mol. The molecular weight excluding hydrogens is 420 g/mol. The van der Waals surface area contributed by atoms with E-state index in [1.165, 1.54) is 0 Å². The Bertz CT molecular complexity index is 901. The lowest BCUT2D eigenvalue weighted by molar-refractivity contribution is 0.576. The molecular formula is C22H32N2O4S2. The van der Waals surface area contributed by atoms with E-state index in [1.807, 2.05) is 0 Å². The molecule has 0 atom stereocenters. The maximum Gasteiger partial charge on any atom is 0.178 e. The molecule has 30 heavy (non-hydrogen) atoms. The van der Waals surface area contributed by atoms with Crippen molar-refractivity contribution < 1.29 is 16.8 Å². The molecule has 2 aromatic rings. The molecule has 0 saturated heterocycles. The summed E-state index contributed by atoms with van der Waals surface area (Å²) >= 11 is 0. The van der Waals surface area contributed by atoms with Gasteiger partial charge < -0.3 is 11.5 Å². The predicted molar refractivity (Wildman–Crippen MR) is 120 cm³/mol. The van der Waals surface area contributed by atoms with E-state index in [0.29, 0.717) is 35.7 Å². The van der Waals surface area contributed by atoms with Crippen molar-refractivity contribution >= 4 is 19.7 Å². The number of hydrogen-bond acceptors (Lipinski definition) is 6. The highest BCUT2D eigenvalue weighted by Gasteiger charge is 2.15. The van der Waals surface area contributed by atoms with Crippen LogP contribution in [0.2, 0.25) is 0 Å². The standard InChI is InChI=1S/C22H32N2O4S2/c23-17-19-7-11-21(12-8-19)29(25,26)15-5-3-1-2-4-6-16-30(27,28)22-13-9-20(18-24)10-14-22/h7-14H,1-6,15-18,23-24H2. The summed E-state index contributed by atoms with van der Waals surface area (Å²) in [6, 6.07) is 13.4. The second-order valence-corrected chi connectivity index (χ2v) is 11.7. The van der Waals surface area contributed by atoms with E-state index < -0.39 is 19.7 Å². The lowest BCUT2D eigenvalue weighted by Gasteiger charge is -2.07. The molecule has 2 aromatic carbocycles. The van der Waals surface area contributed by atoms with E-state index in [4.69, 9.17) is 11.5 Å². The van der Waals surface area contributed by atoms with Crippen LogP contribution in [0.1, 0.15) is 49.7 Å². The Balaban J connectivity index is 1.64. The number of sulfone groups is 2. The summed E-state index contributed by atoms with van der Waals surface area (Å²) in [7, 11) is -6.53. The zero-order valence-electron chi connectivity index (χ0n) is 17.3. The summed E-state index contributed by atoms with van der Waals surface area (Å²) in [5.41, 5.74) is 12.9. The average molecular weight is 453 g/mol. The van der Waals surface area contributed by atoms with Crippen LogP contribution in [-0.4, -0.2) is 28.3 Å². The van der Waals surface area contributed by atoms with Crippen molar-refractivity contribution in [1.29, 1.82) is 0 Å². The first-order chi connectivity index (χ1) is 14.3. The van der Waals surface area contributed by atoms with Crippen molar-refractivity contribution in [2.24, 2.45) is 11.5 Å². The highest BCUT2D eigenvalue weighted by atomic mass is 32.2. The summed E-state index contributed by atoms with van der Waals surface area (Å²) in [6.07, 6.45) is 4.63. The third kappa shape index (κ3) is 7.50. The van der Waals surface area contributed by atoms with E-state index in [-0.39, 0.29) is 11.5 Å². The largest absolute Gasteiger partial charge is 0.326 e. The fourth-order valence-corrected chi connectivity index (χ4v) is 5.93. The highest BCUT2D eigenvalue weighted by Crippen LogP contribution is 2.17. The molecule has 2 rings (SSSR count). The third-order valence-electron chi connectivity index (χ3n) is 5.11. The van der Waals surface area contributed by atoms with Crippen LogP contribution in [-0.2, 0) is 32.8 Å². The Morgan fingerprint density at radius 3 is 1.10 bits per heavy atom. The Kier molecular flexibility index (Phi) is 9.48. The van der Waals surface area contributed by atoms with E-state index >= 15 is 0 Å². The number of benzene rings is 2. The summed E-state index contributed by atoms with van der Waals surface area (Å²) in [4.78, 5) is 0.675. The minimum absolute atomic E-state index is 0.127. The SMILES string of the molecule is NCc1ccc(S(=O)(=O)CCCCCCCCS(=O)(=O)c2ccc(CN)cc2)cc1. The first-order valence-electron chi connectivity index (χ1n) is 10.3. The van der Waals surface area contributed by atoms with Gasteiger partial charge in [-0.05, 0) is 48.2 Å². The number of unbranched alkanes of at least 4 members (excludes halogenated alkanes) is 5. The quantitative estimate of drug-likeness (QED) is 0.450. The molecule has 166 valence electrons. The molecule has 0 spiro atoms. The minimum Gasteiger partial charge on any atom is -0.326 e. The van der Waals surface area contributed by atoms with Crippen LogP contribution in [0.15, 0.2) is 58.3 Å². The zero-order chi connectivity index (χ0) is 22.0. The molecule has 0 aliphatic carbocycles. The van der Waals surface area contributed by atoms with Crippen molar-refractivity contribution in [3.05, 3.63) is 59.7 Å². The van der Waals surface area contributed by atoms with Gasteiger partial charge in [-0.2, -0.15) is 0 Å². The van der Waals surface area contributed by atoms with Crippen molar-refractivity contribution in [3.8, 4) is 0 Å². The molecule has 0 aliphatic rings. The van der Waals surface area contributed by atoms with Gasteiger partial charge in [0.25, 0.3) is 0 Å². The van der Waals surface area contributed by atoms with Crippen LogP contribution >= 0.6 is 0 Å². The van der Waals surface area contributed by atoms with Gasteiger partial charge in [0.1, 0.15) is 0 Å². The number of nitrogens with two attached hydrogens (primary N) is 2. The van der Waals surface area contributed by atoms with Gasteiger partial charge in [-0.15, -0.1) is 0 Å². The molecule has 0 aliphatic heterocycles. The van der Waals surface area contributed by atoms with Crippen molar-refractivity contribution in [3.63, 3.8) is 0 Å². The third-order valence-corrected chi connectivity index (χ3v) is 8.75. The maximum absolute atomic E-state index is 12.3. The Labute approximate surface area is 180 Å². The molecule has 4 N–H and O–H groups in total. The summed E-state index contributed by atoms with van der Waals surface area (Å²) in [6.45, 7) is 0.782. The molecule has 0 fully saturated rings. The molecule has 0 amide bonds. The lowest BCUT2D eigenvalue weighted by atomic mass is 10.1. The normalized spacial score (nSPS) is 12.2. The first-order valence-corrected chi connectivity index (χ1v) is 13.6. The second kappa shape index (κ2) is 11.6. The molecule has 8 heteroatoms. The first kappa shape index (κ1) is 24.5. The van der Waals surface area contributed by atoms with Crippen LogP contribution in [0.25, 0.3) is 0 Å². The Morgan fingerprint density at radius 1 is 0.500 bits per heavy atom. The van der Waals surface area contributed by atoms with Gasteiger partial charge in [0, 0.05) is 13.1 Å².